The van der Waals surface area contributed by atoms with Crippen LogP contribution in [0.15, 0.2) is 12.7 Å². The van der Waals surface area contributed by atoms with Gasteiger partial charge in [-0.3, -0.25) is 0 Å². The summed E-state index contributed by atoms with van der Waals surface area (Å²) in [7, 11) is -6.11. The van der Waals surface area contributed by atoms with Crippen molar-refractivity contribution in [3.63, 3.8) is 0 Å². The van der Waals surface area contributed by atoms with Crippen molar-refractivity contribution in [2.75, 3.05) is 53.4 Å². The van der Waals surface area contributed by atoms with Crippen LogP contribution in [0.3, 0.4) is 0 Å². The molecule has 3 aliphatic carbocycles. The summed E-state index contributed by atoms with van der Waals surface area (Å²) in [5, 5.41) is 12.0. The number of allylic oxidation sites excluding steroid dienone is 1. The molecule has 7 atom stereocenters. The molecule has 0 aromatic rings. The fourth-order valence-electron chi connectivity index (χ4n) is 12.0. The van der Waals surface area contributed by atoms with E-state index in [0.717, 1.165) is 50.4 Å². The summed E-state index contributed by atoms with van der Waals surface area (Å²) in [5.41, 5.74) is -0.577. The topological polar surface area (TPSA) is 84.8 Å². The first-order chi connectivity index (χ1) is 26.7. The summed E-state index contributed by atoms with van der Waals surface area (Å²) in [6.45, 7) is 47.9. The number of rotatable bonds is 28. The highest BCUT2D eigenvalue weighted by molar-refractivity contribution is 6.78. The van der Waals surface area contributed by atoms with Crippen LogP contribution in [0.1, 0.15) is 87.5 Å². The summed E-state index contributed by atoms with van der Waals surface area (Å²) < 4.78 is 47.9. The molecule has 0 aromatic heterocycles. The molecule has 3 rings (SSSR count). The van der Waals surface area contributed by atoms with Crippen LogP contribution in [0.4, 0.5) is 0 Å². The second-order valence-electron chi connectivity index (χ2n) is 23.8. The third kappa shape index (κ3) is 11.7. The monoisotopic (exact) mass is 887 g/mol. The van der Waals surface area contributed by atoms with Gasteiger partial charge in [-0.05, 0) is 86.6 Å². The highest BCUT2D eigenvalue weighted by atomic mass is 28.4. The van der Waals surface area contributed by atoms with Gasteiger partial charge in [0, 0.05) is 79.4 Å². The highest BCUT2D eigenvalue weighted by Crippen LogP contribution is 2.79. The fourth-order valence-corrected chi connectivity index (χ4v) is 19.8. The molecule has 0 aliphatic heterocycles. The molecule has 8 nitrogen and oxygen atoms in total. The van der Waals surface area contributed by atoms with E-state index in [1.165, 1.54) is 0 Å². The number of hydrogen-bond donors (Lipinski definition) is 1. The summed E-state index contributed by atoms with van der Waals surface area (Å²) in [6.07, 6.45) is 6.01. The maximum atomic E-state index is 12.0. The van der Waals surface area contributed by atoms with E-state index in [4.69, 9.17) is 32.8 Å². The highest BCUT2D eigenvalue weighted by Gasteiger charge is 2.81. The Morgan fingerprint density at radius 3 is 1.64 bits per heavy atom. The van der Waals surface area contributed by atoms with Crippen molar-refractivity contribution in [3.8, 4) is 0 Å². The van der Waals surface area contributed by atoms with Crippen LogP contribution in [-0.2, 0) is 32.8 Å². The number of fused-ring (bicyclic) bond motifs is 3. The lowest BCUT2D eigenvalue weighted by atomic mass is 9.63. The average Bonchev–Trinajstić information content (AvgIpc) is 3.66. The van der Waals surface area contributed by atoms with Gasteiger partial charge in [-0.1, -0.05) is 107 Å². The number of hydrogen-bond acceptors (Lipinski definition) is 8. The lowest BCUT2D eigenvalue weighted by Gasteiger charge is -2.52. The molecular formula is C46H94O8Si4. The van der Waals surface area contributed by atoms with Crippen LogP contribution in [0.25, 0.3) is 0 Å². The van der Waals surface area contributed by atoms with Gasteiger partial charge in [0.05, 0.1) is 17.8 Å². The van der Waals surface area contributed by atoms with Gasteiger partial charge in [0.25, 0.3) is 0 Å². The molecule has 0 amide bonds. The third-order valence-corrected chi connectivity index (χ3v) is 26.3. The van der Waals surface area contributed by atoms with Crippen molar-refractivity contribution >= 4 is 32.5 Å². The van der Waals surface area contributed by atoms with Crippen molar-refractivity contribution in [1.29, 1.82) is 0 Å². The second kappa shape index (κ2) is 20.9. The molecule has 0 aromatic carbocycles. The van der Waals surface area contributed by atoms with E-state index >= 15 is 0 Å². The predicted octanol–water partition coefficient (Wildman–Crippen LogP) is 12.0. The Labute approximate surface area is 362 Å². The van der Waals surface area contributed by atoms with Crippen molar-refractivity contribution < 1.29 is 38.0 Å². The largest absolute Gasteiger partial charge is 0.415 e. The van der Waals surface area contributed by atoms with Crippen LogP contribution in [0.2, 0.25) is 93.7 Å². The molecule has 1 N–H and O–H groups in total. The summed E-state index contributed by atoms with van der Waals surface area (Å²) in [4.78, 5) is 0. The zero-order valence-corrected chi connectivity index (χ0v) is 44.9. The molecule has 0 saturated heterocycles. The molecule has 0 radical (unpaired) electrons. The molecule has 0 heterocycles. The molecule has 58 heavy (non-hydrogen) atoms. The van der Waals surface area contributed by atoms with Gasteiger partial charge in [0.15, 0.2) is 8.32 Å². The van der Waals surface area contributed by atoms with E-state index < -0.39 is 54.4 Å². The molecule has 12 heteroatoms. The van der Waals surface area contributed by atoms with Crippen LogP contribution in [0, 0.1) is 28.1 Å². The standard InChI is InChI=1S/C46H94O8Si4/c1-19-22-44(31-47)40-21-23-45(44,32-54-58(36(2)3,37(4)5)38(6)7)42(52-34-49-26-29-56(13,14)15)46(40)24-20-39(41(46)51-33-48-25-28-55(10,11)12)43(8,9)53-35-50-27-30-57(16,17)18/h19,36-42,47H,1,20-35H2,2-18H3/t39-,40+,41+,42-,44+,45-,46-/m0/s1. The van der Waals surface area contributed by atoms with Crippen molar-refractivity contribution in [3.05, 3.63) is 12.7 Å². The molecule has 2 bridgehead atoms. The van der Waals surface area contributed by atoms with Gasteiger partial charge in [-0.15, -0.1) is 6.58 Å². The molecule has 0 unspecified atom stereocenters. The first-order valence-corrected chi connectivity index (χ1v) is 36.5. The Balaban J connectivity index is 2.18. The lowest BCUT2D eigenvalue weighted by molar-refractivity contribution is -0.235. The zero-order chi connectivity index (χ0) is 44.0. The lowest BCUT2D eigenvalue weighted by Crippen LogP contribution is -2.58. The van der Waals surface area contributed by atoms with Gasteiger partial charge >= 0.3 is 0 Å². The predicted molar refractivity (Wildman–Crippen MR) is 253 cm³/mol. The minimum Gasteiger partial charge on any atom is -0.415 e. The normalized spacial score (nSPS) is 29.6. The maximum absolute atomic E-state index is 12.0. The van der Waals surface area contributed by atoms with Gasteiger partial charge in [0.1, 0.15) is 20.4 Å². The molecule has 342 valence electrons. The molecule has 3 aliphatic rings. The van der Waals surface area contributed by atoms with E-state index in [1.54, 1.807) is 0 Å². The van der Waals surface area contributed by atoms with E-state index in [2.05, 4.69) is 127 Å². The summed E-state index contributed by atoms with van der Waals surface area (Å²) >= 11 is 0. The van der Waals surface area contributed by atoms with Crippen molar-refractivity contribution in [2.45, 2.75) is 199 Å². The minimum absolute atomic E-state index is 0.0552. The minimum atomic E-state index is -2.29. The van der Waals surface area contributed by atoms with Crippen LogP contribution >= 0.6 is 0 Å². The Kier molecular flexibility index (Phi) is 18.9. The first-order valence-electron chi connectivity index (χ1n) is 23.2. The van der Waals surface area contributed by atoms with Gasteiger partial charge in [-0.25, -0.2) is 0 Å². The third-order valence-electron chi connectivity index (χ3n) is 15.1. The fraction of sp³-hybridized carbons (Fsp3) is 0.957. The Morgan fingerprint density at radius 2 is 1.19 bits per heavy atom. The Hall–Kier alpha value is 0.288. The van der Waals surface area contributed by atoms with E-state index in [-0.39, 0.29) is 51.0 Å². The molecule has 1 spiro atoms. The Morgan fingerprint density at radius 1 is 0.707 bits per heavy atom. The average molecular weight is 888 g/mol. The van der Waals surface area contributed by atoms with Gasteiger partial charge in [0.2, 0.25) is 0 Å². The maximum Gasteiger partial charge on any atom is 0.200 e. The number of aliphatic hydroxyl groups excluding tert-OH is 1. The van der Waals surface area contributed by atoms with Crippen molar-refractivity contribution in [2.24, 2.45) is 28.1 Å². The van der Waals surface area contributed by atoms with Crippen LogP contribution < -0.4 is 0 Å². The van der Waals surface area contributed by atoms with Crippen LogP contribution in [-0.4, -0.2) is 109 Å². The smallest absolute Gasteiger partial charge is 0.200 e. The molecule has 3 saturated carbocycles. The molecular weight excluding hydrogens is 793 g/mol. The number of aliphatic hydroxyl groups is 1. The first kappa shape index (κ1) is 52.6. The van der Waals surface area contributed by atoms with Gasteiger partial charge < -0.3 is 38.0 Å². The summed E-state index contributed by atoms with van der Waals surface area (Å²) in [5.74, 6) is 0.188. The van der Waals surface area contributed by atoms with Gasteiger partial charge in [-0.2, -0.15) is 0 Å². The SMILES string of the molecule is C=CC[C@@]1(CO)[C@H]2CC[C@]1(CO[Si](C(C)C)(C(C)C)C(C)C)[C@H](OCOCC[Si](C)(C)C)[C@@]21CC[C@H](C(C)(C)OCOCC[Si](C)(C)C)[C@H]1OCOCC[Si](C)(C)C. The van der Waals surface area contributed by atoms with Crippen molar-refractivity contribution in [1.82, 2.24) is 0 Å². The Bertz CT molecular complexity index is 1240. The molecule has 3 fully saturated rings. The van der Waals surface area contributed by atoms with E-state index in [0.29, 0.717) is 42.9 Å². The second-order valence-corrected chi connectivity index (χ2v) is 46.1. The quantitative estimate of drug-likeness (QED) is 0.0360. The summed E-state index contributed by atoms with van der Waals surface area (Å²) in [6, 6.07) is 3.28. The number of ether oxygens (including phenoxy) is 6. The van der Waals surface area contributed by atoms with E-state index in [9.17, 15) is 5.11 Å². The zero-order valence-electron chi connectivity index (χ0n) is 40.9. The van der Waals surface area contributed by atoms with Crippen LogP contribution in [0.5, 0.6) is 0 Å². The van der Waals surface area contributed by atoms with E-state index in [1.807, 2.05) is 0 Å².